The van der Waals surface area contributed by atoms with Crippen molar-refractivity contribution in [2.45, 2.75) is 251 Å². The van der Waals surface area contributed by atoms with Gasteiger partial charge in [0.1, 0.15) is 13.2 Å². The Bertz CT molecular complexity index is 1220. The Morgan fingerprint density at radius 1 is 0.470 bits per heavy atom. The molecule has 0 heterocycles. The lowest BCUT2D eigenvalue weighted by molar-refractivity contribution is -0.870. The monoisotopic (exact) mass is 930 g/mol. The smallest absolute Gasteiger partial charge is 0.306 e. The van der Waals surface area contributed by atoms with Gasteiger partial charge in [-0.2, -0.15) is 0 Å². The molecule has 0 N–H and O–H groups in total. The molecule has 0 aromatic heterocycles. The Morgan fingerprint density at radius 3 is 1.29 bits per heavy atom. The van der Waals surface area contributed by atoms with Crippen LogP contribution in [0.1, 0.15) is 239 Å². The van der Waals surface area contributed by atoms with Gasteiger partial charge >= 0.3 is 11.9 Å². The summed E-state index contributed by atoms with van der Waals surface area (Å²) >= 11 is 0. The van der Waals surface area contributed by atoms with E-state index in [-0.39, 0.29) is 32.2 Å². The number of carbonyl (C=O) groups is 3. The molecule has 0 aliphatic rings. The number of likely N-dealkylation sites (N-methyl/N-ethyl adjacent to an activating group) is 1. The zero-order chi connectivity index (χ0) is 48.4. The lowest BCUT2D eigenvalue weighted by Crippen LogP contribution is -2.44. The molecule has 0 rings (SSSR count). The molecular formula is C57H103NO8. The zero-order valence-electron chi connectivity index (χ0n) is 43.6. The quantitative estimate of drug-likeness (QED) is 0.0195. The van der Waals surface area contributed by atoms with Crippen molar-refractivity contribution in [3.05, 3.63) is 48.6 Å². The molecule has 384 valence electrons. The molecular weight excluding hydrogens is 827 g/mol. The zero-order valence-corrected chi connectivity index (χ0v) is 43.6. The largest absolute Gasteiger partial charge is 0.545 e. The number of aliphatic carboxylic acids is 1. The number of carbonyl (C=O) groups excluding carboxylic acids is 3. The van der Waals surface area contributed by atoms with Gasteiger partial charge in [-0.05, 0) is 51.4 Å². The van der Waals surface area contributed by atoms with Crippen LogP contribution in [-0.2, 0) is 33.3 Å². The van der Waals surface area contributed by atoms with Crippen LogP contribution in [0, 0.1) is 0 Å². The first-order valence-electron chi connectivity index (χ1n) is 27.3. The molecule has 0 aromatic rings. The van der Waals surface area contributed by atoms with Crippen molar-refractivity contribution in [1.82, 2.24) is 0 Å². The van der Waals surface area contributed by atoms with Crippen LogP contribution in [0.5, 0.6) is 0 Å². The molecule has 0 aliphatic carbocycles. The topological polar surface area (TPSA) is 111 Å². The SMILES string of the molecule is CC/C=C\C/C=C\C/C=C\C/C=C\CCCCCCCCC(=O)OC(COC(=O)CCCCCCCCCCCCCCCCCCCCCCCC)COC(OCC[N+](C)(C)C)C(=O)[O-]. The number of nitrogens with zero attached hydrogens (tertiary/aromatic N) is 1. The van der Waals surface area contributed by atoms with E-state index < -0.39 is 24.3 Å². The third kappa shape index (κ3) is 49.2. The second-order valence-corrected chi connectivity index (χ2v) is 19.5. The van der Waals surface area contributed by atoms with Crippen LogP contribution in [0.4, 0.5) is 0 Å². The highest BCUT2D eigenvalue weighted by Crippen LogP contribution is 2.16. The highest BCUT2D eigenvalue weighted by Gasteiger charge is 2.22. The fourth-order valence-electron chi connectivity index (χ4n) is 7.65. The Labute approximate surface area is 406 Å². The molecule has 0 radical (unpaired) electrons. The van der Waals surface area contributed by atoms with E-state index in [2.05, 4.69) is 62.5 Å². The lowest BCUT2D eigenvalue weighted by Gasteiger charge is -2.26. The van der Waals surface area contributed by atoms with Crippen LogP contribution in [0.2, 0.25) is 0 Å². The summed E-state index contributed by atoms with van der Waals surface area (Å²) in [7, 11) is 5.91. The number of unbranched alkanes of at least 4 members (excludes halogenated alkanes) is 27. The molecule has 0 saturated heterocycles. The maximum Gasteiger partial charge on any atom is 0.306 e. The highest BCUT2D eigenvalue weighted by molar-refractivity contribution is 5.70. The summed E-state index contributed by atoms with van der Waals surface area (Å²) in [5.74, 6) is -2.29. The number of esters is 2. The third-order valence-electron chi connectivity index (χ3n) is 11.8. The van der Waals surface area contributed by atoms with E-state index in [1.807, 2.05) is 21.1 Å². The van der Waals surface area contributed by atoms with Gasteiger partial charge in [-0.3, -0.25) is 9.59 Å². The number of hydrogen-bond donors (Lipinski definition) is 0. The van der Waals surface area contributed by atoms with Crippen molar-refractivity contribution < 1.29 is 42.9 Å². The van der Waals surface area contributed by atoms with E-state index in [0.29, 0.717) is 23.9 Å². The van der Waals surface area contributed by atoms with E-state index in [9.17, 15) is 19.5 Å². The number of carboxylic acid groups (broad SMARTS) is 1. The van der Waals surface area contributed by atoms with Gasteiger partial charge in [-0.1, -0.05) is 223 Å². The normalized spacial score (nSPS) is 13.2. The average molecular weight is 930 g/mol. The van der Waals surface area contributed by atoms with Gasteiger partial charge in [0.25, 0.3) is 0 Å². The number of hydrogen-bond acceptors (Lipinski definition) is 8. The maximum atomic E-state index is 12.8. The Balaban J connectivity index is 4.29. The molecule has 9 heteroatoms. The summed E-state index contributed by atoms with van der Waals surface area (Å²) in [6.45, 7) is 4.64. The Hall–Kier alpha value is -2.75. The molecule has 2 atom stereocenters. The number of carboxylic acids is 1. The van der Waals surface area contributed by atoms with E-state index in [1.54, 1.807) is 0 Å². The van der Waals surface area contributed by atoms with Crippen molar-refractivity contribution >= 4 is 17.9 Å². The van der Waals surface area contributed by atoms with Crippen LogP contribution in [0.25, 0.3) is 0 Å². The number of allylic oxidation sites excluding steroid dienone is 8. The van der Waals surface area contributed by atoms with Crippen molar-refractivity contribution in [3.63, 3.8) is 0 Å². The molecule has 66 heavy (non-hydrogen) atoms. The van der Waals surface area contributed by atoms with E-state index in [1.165, 1.54) is 122 Å². The fourth-order valence-corrected chi connectivity index (χ4v) is 7.65. The standard InChI is InChI=1S/C57H103NO8/c1-6-8-10-12-14-16-18-20-22-24-26-27-28-30-31-33-35-37-39-41-43-45-47-54(59)64-51-53(52-65-57(56(61)62)63-50-49-58(3,4)5)66-55(60)48-46-44-42-40-38-36-34-32-29-25-23-21-19-17-15-13-11-9-7-2/h9,11,15,17,21,23,29,32,53,57H,6-8,10,12-14,16,18-20,22,24-28,30-31,33-52H2,1-5H3/b11-9-,17-15-,23-21-,32-29-. The summed E-state index contributed by atoms with van der Waals surface area (Å²) < 4.78 is 22.7. The summed E-state index contributed by atoms with van der Waals surface area (Å²) in [4.78, 5) is 37.2. The minimum atomic E-state index is -1.62. The predicted octanol–water partition coefficient (Wildman–Crippen LogP) is 14.2. The average Bonchev–Trinajstić information content (AvgIpc) is 3.28. The van der Waals surface area contributed by atoms with Crippen molar-refractivity contribution in [2.24, 2.45) is 0 Å². The van der Waals surface area contributed by atoms with Gasteiger partial charge < -0.3 is 33.3 Å². The maximum absolute atomic E-state index is 12.8. The van der Waals surface area contributed by atoms with Gasteiger partial charge in [0.2, 0.25) is 0 Å². The molecule has 0 spiro atoms. The highest BCUT2D eigenvalue weighted by atomic mass is 16.7. The van der Waals surface area contributed by atoms with Crippen molar-refractivity contribution in [3.8, 4) is 0 Å². The van der Waals surface area contributed by atoms with E-state index in [4.69, 9.17) is 18.9 Å². The molecule has 0 aromatic carbocycles. The van der Waals surface area contributed by atoms with Gasteiger partial charge in [-0.25, -0.2) is 0 Å². The first kappa shape index (κ1) is 63.2. The summed E-state index contributed by atoms with van der Waals surface area (Å²) in [5, 5.41) is 11.7. The first-order valence-corrected chi connectivity index (χ1v) is 27.3. The number of quaternary nitrogens is 1. The molecule has 9 nitrogen and oxygen atoms in total. The lowest BCUT2D eigenvalue weighted by atomic mass is 10.0. The molecule has 0 aliphatic heterocycles. The van der Waals surface area contributed by atoms with E-state index >= 15 is 0 Å². The van der Waals surface area contributed by atoms with E-state index in [0.717, 1.165) is 83.5 Å². The first-order chi connectivity index (χ1) is 32.1. The Morgan fingerprint density at radius 2 is 0.864 bits per heavy atom. The number of rotatable bonds is 50. The van der Waals surface area contributed by atoms with Crippen LogP contribution in [0.3, 0.4) is 0 Å². The van der Waals surface area contributed by atoms with Crippen LogP contribution in [-0.4, -0.2) is 82.3 Å². The van der Waals surface area contributed by atoms with Crippen molar-refractivity contribution in [2.75, 3.05) is 47.5 Å². The summed E-state index contributed by atoms with van der Waals surface area (Å²) in [6.07, 6.45) is 55.8. The van der Waals surface area contributed by atoms with Crippen LogP contribution in [0.15, 0.2) is 48.6 Å². The second kappa shape index (κ2) is 48.7. The molecule has 0 fully saturated rings. The van der Waals surface area contributed by atoms with Crippen LogP contribution >= 0.6 is 0 Å². The summed E-state index contributed by atoms with van der Waals surface area (Å²) in [5.41, 5.74) is 0. The minimum absolute atomic E-state index is 0.144. The number of ether oxygens (including phenoxy) is 4. The van der Waals surface area contributed by atoms with Gasteiger partial charge in [-0.15, -0.1) is 0 Å². The molecule has 0 bridgehead atoms. The molecule has 0 amide bonds. The van der Waals surface area contributed by atoms with Crippen LogP contribution < -0.4 is 5.11 Å². The predicted molar refractivity (Wildman–Crippen MR) is 274 cm³/mol. The second-order valence-electron chi connectivity index (χ2n) is 19.5. The summed E-state index contributed by atoms with van der Waals surface area (Å²) in [6, 6.07) is 0. The molecule has 2 unspecified atom stereocenters. The Kier molecular flexibility index (Phi) is 46.7. The third-order valence-corrected chi connectivity index (χ3v) is 11.8. The van der Waals surface area contributed by atoms with Gasteiger partial charge in [0, 0.05) is 12.8 Å². The van der Waals surface area contributed by atoms with Crippen molar-refractivity contribution in [1.29, 1.82) is 0 Å². The fraction of sp³-hybridized carbons (Fsp3) is 0.807. The molecule has 0 saturated carbocycles. The minimum Gasteiger partial charge on any atom is -0.545 e. The van der Waals surface area contributed by atoms with Gasteiger partial charge in [0.05, 0.1) is 40.3 Å². The van der Waals surface area contributed by atoms with Gasteiger partial charge in [0.15, 0.2) is 12.4 Å².